The summed E-state index contributed by atoms with van der Waals surface area (Å²) in [6, 6.07) is 4.74. The molecule has 0 aliphatic heterocycles. The summed E-state index contributed by atoms with van der Waals surface area (Å²) >= 11 is 5.59. The molecule has 1 heterocycles. The van der Waals surface area contributed by atoms with Gasteiger partial charge in [0.15, 0.2) is 5.82 Å². The Labute approximate surface area is 108 Å². The van der Waals surface area contributed by atoms with E-state index in [1.54, 1.807) is 19.1 Å². The lowest BCUT2D eigenvalue weighted by molar-refractivity contribution is 0.102. The third-order valence-corrected chi connectivity index (χ3v) is 2.61. The molecule has 0 unspecified atom stereocenters. The highest BCUT2D eigenvalue weighted by Gasteiger charge is 2.12. The summed E-state index contributed by atoms with van der Waals surface area (Å²) in [6.45, 7) is 1.66. The van der Waals surface area contributed by atoms with Crippen molar-refractivity contribution in [3.63, 3.8) is 0 Å². The lowest BCUT2D eigenvalue weighted by Gasteiger charge is -2.07. The number of halogens is 1. The average molecular weight is 264 g/mol. The molecule has 0 saturated heterocycles. The molecule has 0 atom stereocenters. The SMILES string of the molecule is Cc1c(O)cccc1C(=O)Nc1cnc(Cl)cn1. The highest BCUT2D eigenvalue weighted by Crippen LogP contribution is 2.20. The molecule has 1 amide bonds. The second-order valence-corrected chi connectivity index (χ2v) is 4.02. The van der Waals surface area contributed by atoms with Crippen LogP contribution in [0, 0.1) is 6.92 Å². The number of hydrogen-bond donors (Lipinski definition) is 2. The van der Waals surface area contributed by atoms with Gasteiger partial charge in [-0.25, -0.2) is 9.97 Å². The third-order valence-electron chi connectivity index (χ3n) is 2.41. The quantitative estimate of drug-likeness (QED) is 0.872. The molecule has 0 fully saturated rings. The van der Waals surface area contributed by atoms with Gasteiger partial charge in [-0.3, -0.25) is 4.79 Å². The fourth-order valence-corrected chi connectivity index (χ4v) is 1.53. The molecule has 0 aliphatic carbocycles. The van der Waals surface area contributed by atoms with E-state index in [0.717, 1.165) is 0 Å². The molecule has 2 N–H and O–H groups in total. The number of nitrogens with zero attached hydrogens (tertiary/aromatic N) is 2. The molecule has 0 radical (unpaired) electrons. The summed E-state index contributed by atoms with van der Waals surface area (Å²) in [4.78, 5) is 19.7. The lowest BCUT2D eigenvalue weighted by Crippen LogP contribution is -2.14. The minimum Gasteiger partial charge on any atom is -0.508 e. The largest absolute Gasteiger partial charge is 0.508 e. The first-order valence-electron chi connectivity index (χ1n) is 5.15. The van der Waals surface area contributed by atoms with Crippen molar-refractivity contribution in [3.05, 3.63) is 46.9 Å². The van der Waals surface area contributed by atoms with Gasteiger partial charge in [0.05, 0.1) is 12.4 Å². The Morgan fingerprint density at radius 2 is 2.11 bits per heavy atom. The average Bonchev–Trinajstić information content (AvgIpc) is 2.35. The van der Waals surface area contributed by atoms with E-state index < -0.39 is 0 Å². The molecule has 6 heteroatoms. The Hall–Kier alpha value is -2.14. The van der Waals surface area contributed by atoms with Crippen LogP contribution in [0.15, 0.2) is 30.6 Å². The molecule has 2 aromatic rings. The Morgan fingerprint density at radius 3 is 2.78 bits per heavy atom. The van der Waals surface area contributed by atoms with Gasteiger partial charge in [0, 0.05) is 11.1 Å². The zero-order chi connectivity index (χ0) is 13.1. The van der Waals surface area contributed by atoms with Gasteiger partial charge in [0.2, 0.25) is 0 Å². The second kappa shape index (κ2) is 5.01. The minimum atomic E-state index is -0.361. The number of carbonyl (C=O) groups is 1. The maximum absolute atomic E-state index is 11.9. The van der Waals surface area contributed by atoms with E-state index in [1.165, 1.54) is 18.5 Å². The normalized spacial score (nSPS) is 10.1. The molecule has 18 heavy (non-hydrogen) atoms. The van der Waals surface area contributed by atoms with Crippen LogP contribution in [0.1, 0.15) is 15.9 Å². The molecule has 0 bridgehead atoms. The summed E-state index contributed by atoms with van der Waals surface area (Å²) in [5.74, 6) is 0.0111. The van der Waals surface area contributed by atoms with Crippen LogP contribution in [0.5, 0.6) is 5.75 Å². The van der Waals surface area contributed by atoms with Crippen molar-refractivity contribution in [1.82, 2.24) is 9.97 Å². The third kappa shape index (κ3) is 2.57. The Balaban J connectivity index is 2.22. The van der Waals surface area contributed by atoms with Crippen molar-refractivity contribution in [1.29, 1.82) is 0 Å². The van der Waals surface area contributed by atoms with Crippen LogP contribution in [-0.4, -0.2) is 21.0 Å². The number of rotatable bonds is 2. The fraction of sp³-hybridized carbons (Fsp3) is 0.0833. The van der Waals surface area contributed by atoms with Crippen molar-refractivity contribution < 1.29 is 9.90 Å². The summed E-state index contributed by atoms with van der Waals surface area (Å²) in [7, 11) is 0. The van der Waals surface area contributed by atoms with Crippen molar-refractivity contribution in [2.24, 2.45) is 0 Å². The fourth-order valence-electron chi connectivity index (χ4n) is 1.43. The number of amides is 1. The number of benzene rings is 1. The van der Waals surface area contributed by atoms with Crippen LogP contribution in [0.2, 0.25) is 5.15 Å². The summed E-state index contributed by atoms with van der Waals surface area (Å²) in [6.07, 6.45) is 2.70. The molecule has 1 aromatic carbocycles. The van der Waals surface area contributed by atoms with Crippen LogP contribution in [0.3, 0.4) is 0 Å². The monoisotopic (exact) mass is 263 g/mol. The highest BCUT2D eigenvalue weighted by molar-refractivity contribution is 6.29. The maximum atomic E-state index is 11.9. The molecule has 0 spiro atoms. The van der Waals surface area contributed by atoms with Crippen molar-refractivity contribution in [3.8, 4) is 5.75 Å². The number of anilines is 1. The number of nitrogens with one attached hydrogen (secondary N) is 1. The smallest absolute Gasteiger partial charge is 0.257 e. The molecule has 92 valence electrons. The van der Waals surface area contributed by atoms with E-state index in [1.807, 2.05) is 0 Å². The van der Waals surface area contributed by atoms with Crippen molar-refractivity contribution in [2.75, 3.05) is 5.32 Å². The Bertz CT molecular complexity index is 584. The van der Waals surface area contributed by atoms with Gasteiger partial charge in [-0.05, 0) is 19.1 Å². The zero-order valence-corrected chi connectivity index (χ0v) is 10.3. The van der Waals surface area contributed by atoms with Gasteiger partial charge in [-0.2, -0.15) is 0 Å². The molecular weight excluding hydrogens is 254 g/mol. The van der Waals surface area contributed by atoms with E-state index in [9.17, 15) is 9.90 Å². The number of phenols is 1. The van der Waals surface area contributed by atoms with Gasteiger partial charge in [-0.1, -0.05) is 17.7 Å². The Morgan fingerprint density at radius 1 is 1.33 bits per heavy atom. The predicted octanol–water partition coefficient (Wildman–Crippen LogP) is 2.40. The number of phenolic OH excluding ortho intramolecular Hbond substituents is 1. The molecule has 1 aromatic heterocycles. The van der Waals surface area contributed by atoms with Crippen molar-refractivity contribution >= 4 is 23.3 Å². The standard InChI is InChI=1S/C12H10ClN3O2/c1-7-8(3-2-4-9(7)17)12(18)16-11-6-14-10(13)5-15-11/h2-6,17H,1H3,(H,15,16,18). The van der Waals surface area contributed by atoms with Gasteiger partial charge < -0.3 is 10.4 Å². The van der Waals surface area contributed by atoms with Crippen LogP contribution in [0.25, 0.3) is 0 Å². The lowest BCUT2D eigenvalue weighted by atomic mass is 10.1. The maximum Gasteiger partial charge on any atom is 0.257 e. The Kier molecular flexibility index (Phi) is 3.43. The molecule has 0 saturated carbocycles. The van der Waals surface area contributed by atoms with Crippen LogP contribution < -0.4 is 5.32 Å². The first-order valence-corrected chi connectivity index (χ1v) is 5.53. The minimum absolute atomic E-state index is 0.0739. The van der Waals surface area contributed by atoms with E-state index >= 15 is 0 Å². The van der Waals surface area contributed by atoms with Gasteiger partial charge in [0.1, 0.15) is 10.9 Å². The second-order valence-electron chi connectivity index (χ2n) is 3.63. The van der Waals surface area contributed by atoms with Crippen LogP contribution >= 0.6 is 11.6 Å². The van der Waals surface area contributed by atoms with Crippen molar-refractivity contribution in [2.45, 2.75) is 6.92 Å². The van der Waals surface area contributed by atoms with Gasteiger partial charge in [0.25, 0.3) is 5.91 Å². The molecule has 5 nitrogen and oxygen atoms in total. The van der Waals surface area contributed by atoms with Crippen LogP contribution in [-0.2, 0) is 0 Å². The molecule has 2 rings (SSSR count). The summed E-state index contributed by atoms with van der Waals surface area (Å²) in [5.41, 5.74) is 0.892. The van der Waals surface area contributed by atoms with E-state index in [-0.39, 0.29) is 16.8 Å². The number of aromatic hydroxyl groups is 1. The zero-order valence-electron chi connectivity index (χ0n) is 9.51. The van der Waals surface area contributed by atoms with Gasteiger partial charge >= 0.3 is 0 Å². The molecular formula is C12H10ClN3O2. The van der Waals surface area contributed by atoms with Crippen LogP contribution in [0.4, 0.5) is 5.82 Å². The summed E-state index contributed by atoms with van der Waals surface area (Å²) < 4.78 is 0. The number of carbonyl (C=O) groups excluding carboxylic acids is 1. The molecule has 0 aliphatic rings. The van der Waals surface area contributed by atoms with E-state index in [4.69, 9.17) is 11.6 Å². The van der Waals surface area contributed by atoms with Gasteiger partial charge in [-0.15, -0.1) is 0 Å². The highest BCUT2D eigenvalue weighted by atomic mass is 35.5. The topological polar surface area (TPSA) is 75.1 Å². The van der Waals surface area contributed by atoms with E-state index in [2.05, 4.69) is 15.3 Å². The first-order chi connectivity index (χ1) is 8.58. The van der Waals surface area contributed by atoms with E-state index in [0.29, 0.717) is 16.9 Å². The predicted molar refractivity (Wildman–Crippen MR) is 67.8 cm³/mol. The number of aromatic nitrogens is 2. The number of hydrogen-bond acceptors (Lipinski definition) is 4. The summed E-state index contributed by atoms with van der Waals surface area (Å²) in [5, 5.41) is 12.3. The first kappa shape index (κ1) is 12.3.